The second-order valence-corrected chi connectivity index (χ2v) is 4.99. The summed E-state index contributed by atoms with van der Waals surface area (Å²) >= 11 is 0. The summed E-state index contributed by atoms with van der Waals surface area (Å²) in [5.41, 5.74) is 0.999. The molecule has 0 unspecified atom stereocenters. The van der Waals surface area contributed by atoms with Crippen LogP contribution < -0.4 is 5.32 Å². The fourth-order valence-corrected chi connectivity index (χ4v) is 2.28. The molecule has 21 heavy (non-hydrogen) atoms. The highest BCUT2D eigenvalue weighted by Gasteiger charge is 2.08. The van der Waals surface area contributed by atoms with Gasteiger partial charge < -0.3 is 15.2 Å². The van der Waals surface area contributed by atoms with Crippen molar-refractivity contribution in [2.75, 3.05) is 32.7 Å². The highest BCUT2D eigenvalue weighted by Crippen LogP contribution is 2.16. The first kappa shape index (κ1) is 15.9. The highest BCUT2D eigenvalue weighted by molar-refractivity contribution is 5.75. The molecule has 0 aliphatic rings. The van der Waals surface area contributed by atoms with Crippen LogP contribution in [0.3, 0.4) is 0 Å². The number of imidazole rings is 1. The Bertz CT molecular complexity index is 539. The van der Waals surface area contributed by atoms with Gasteiger partial charge in [-0.3, -0.25) is 0 Å². The average molecular weight is 296 g/mol. The van der Waals surface area contributed by atoms with Crippen molar-refractivity contribution in [1.82, 2.24) is 20.2 Å². The second kappa shape index (κ2) is 7.47. The van der Waals surface area contributed by atoms with E-state index in [0.29, 0.717) is 17.5 Å². The zero-order chi connectivity index (χ0) is 15.2. The lowest BCUT2D eigenvalue weighted by Gasteiger charge is -2.17. The third-order valence-electron chi connectivity index (χ3n) is 3.61. The Kier molecular flexibility index (Phi) is 5.64. The van der Waals surface area contributed by atoms with Crippen molar-refractivity contribution in [3.63, 3.8) is 0 Å². The number of rotatable bonds is 8. The van der Waals surface area contributed by atoms with Crippen LogP contribution in [0.15, 0.2) is 12.1 Å². The minimum absolute atomic E-state index is 0.465. The molecule has 1 aromatic heterocycles. The SMILES string of the molecule is CCN(CC)CCNCCc1nc2cc(F)c(F)cc2[nH]1. The fraction of sp³-hybridized carbons (Fsp3) is 0.533. The lowest BCUT2D eigenvalue weighted by Crippen LogP contribution is -2.32. The molecule has 0 radical (unpaired) electrons. The molecular weight excluding hydrogens is 274 g/mol. The number of aromatic nitrogens is 2. The Morgan fingerprint density at radius 1 is 1.14 bits per heavy atom. The van der Waals surface area contributed by atoms with Crippen LogP contribution >= 0.6 is 0 Å². The Balaban J connectivity index is 1.81. The average Bonchev–Trinajstić information content (AvgIpc) is 2.85. The molecule has 2 aromatic rings. The quantitative estimate of drug-likeness (QED) is 0.735. The van der Waals surface area contributed by atoms with Crippen molar-refractivity contribution >= 4 is 11.0 Å². The van der Waals surface area contributed by atoms with Crippen LogP contribution in [0.4, 0.5) is 8.78 Å². The lowest BCUT2D eigenvalue weighted by atomic mass is 10.3. The summed E-state index contributed by atoms with van der Waals surface area (Å²) in [6.07, 6.45) is 0.705. The van der Waals surface area contributed by atoms with Crippen LogP contribution in [0.5, 0.6) is 0 Å². The molecule has 0 fully saturated rings. The molecule has 2 N–H and O–H groups in total. The van der Waals surface area contributed by atoms with Crippen molar-refractivity contribution in [3.8, 4) is 0 Å². The Hall–Kier alpha value is -1.53. The molecule has 0 spiro atoms. The molecule has 0 atom stereocenters. The maximum absolute atomic E-state index is 13.1. The molecule has 0 aliphatic carbocycles. The number of likely N-dealkylation sites (N-methyl/N-ethyl adjacent to an activating group) is 1. The number of nitrogens with one attached hydrogen (secondary N) is 2. The minimum Gasteiger partial charge on any atom is -0.342 e. The zero-order valence-corrected chi connectivity index (χ0v) is 12.5. The van der Waals surface area contributed by atoms with E-state index < -0.39 is 11.6 Å². The molecule has 1 aromatic carbocycles. The number of hydrogen-bond donors (Lipinski definition) is 2. The summed E-state index contributed by atoms with van der Waals surface area (Å²) in [6.45, 7) is 9.13. The Morgan fingerprint density at radius 2 is 1.86 bits per heavy atom. The van der Waals surface area contributed by atoms with Crippen molar-refractivity contribution in [2.45, 2.75) is 20.3 Å². The molecule has 0 bridgehead atoms. The van der Waals surface area contributed by atoms with Crippen molar-refractivity contribution in [1.29, 1.82) is 0 Å². The number of hydrogen-bond acceptors (Lipinski definition) is 3. The summed E-state index contributed by atoms with van der Waals surface area (Å²) < 4.78 is 26.2. The number of benzene rings is 1. The first-order valence-corrected chi connectivity index (χ1v) is 7.40. The van der Waals surface area contributed by atoms with Crippen molar-refractivity contribution in [2.24, 2.45) is 0 Å². The third-order valence-corrected chi connectivity index (χ3v) is 3.61. The molecule has 116 valence electrons. The van der Waals surface area contributed by atoms with Gasteiger partial charge in [0.2, 0.25) is 0 Å². The van der Waals surface area contributed by atoms with E-state index in [1.807, 2.05) is 0 Å². The summed E-state index contributed by atoms with van der Waals surface area (Å²) in [4.78, 5) is 9.63. The summed E-state index contributed by atoms with van der Waals surface area (Å²) in [5.74, 6) is -0.974. The van der Waals surface area contributed by atoms with E-state index in [9.17, 15) is 8.78 Å². The molecule has 6 heteroatoms. The van der Waals surface area contributed by atoms with E-state index in [4.69, 9.17) is 0 Å². The summed E-state index contributed by atoms with van der Waals surface area (Å²) in [5, 5.41) is 3.35. The first-order chi connectivity index (χ1) is 10.1. The van der Waals surface area contributed by atoms with Gasteiger partial charge in [0.05, 0.1) is 11.0 Å². The minimum atomic E-state index is -0.863. The summed E-state index contributed by atoms with van der Waals surface area (Å²) in [6, 6.07) is 2.27. The van der Waals surface area contributed by atoms with Gasteiger partial charge >= 0.3 is 0 Å². The smallest absolute Gasteiger partial charge is 0.161 e. The standard InChI is InChI=1S/C15H22F2N4/c1-3-21(4-2)8-7-18-6-5-15-19-13-9-11(16)12(17)10-14(13)20-15/h9-10,18H,3-8H2,1-2H3,(H,19,20). The van der Waals surface area contributed by atoms with E-state index in [-0.39, 0.29) is 0 Å². The monoisotopic (exact) mass is 296 g/mol. The maximum Gasteiger partial charge on any atom is 0.161 e. The molecule has 0 amide bonds. The van der Waals surface area contributed by atoms with Crippen LogP contribution in [0.1, 0.15) is 19.7 Å². The van der Waals surface area contributed by atoms with Crippen LogP contribution in [-0.4, -0.2) is 47.6 Å². The second-order valence-electron chi connectivity index (χ2n) is 4.99. The van der Waals surface area contributed by atoms with Gasteiger partial charge in [0, 0.05) is 38.2 Å². The largest absolute Gasteiger partial charge is 0.342 e. The third kappa shape index (κ3) is 4.22. The van der Waals surface area contributed by atoms with E-state index in [2.05, 4.69) is 34.0 Å². The van der Waals surface area contributed by atoms with Gasteiger partial charge in [-0.25, -0.2) is 13.8 Å². The van der Waals surface area contributed by atoms with E-state index in [0.717, 1.165) is 50.7 Å². The van der Waals surface area contributed by atoms with Gasteiger partial charge in [0.1, 0.15) is 5.82 Å². The number of H-pyrrole nitrogens is 1. The predicted octanol–water partition coefficient (Wildman–Crippen LogP) is 2.31. The van der Waals surface area contributed by atoms with E-state index in [1.165, 1.54) is 0 Å². The molecule has 1 heterocycles. The Morgan fingerprint density at radius 3 is 2.57 bits per heavy atom. The van der Waals surface area contributed by atoms with Gasteiger partial charge in [0.25, 0.3) is 0 Å². The van der Waals surface area contributed by atoms with Crippen molar-refractivity contribution in [3.05, 3.63) is 29.6 Å². The maximum atomic E-state index is 13.1. The molecule has 4 nitrogen and oxygen atoms in total. The highest BCUT2D eigenvalue weighted by atomic mass is 19.2. The van der Waals surface area contributed by atoms with E-state index >= 15 is 0 Å². The van der Waals surface area contributed by atoms with Gasteiger partial charge in [-0.2, -0.15) is 0 Å². The van der Waals surface area contributed by atoms with Crippen LogP contribution in [0.2, 0.25) is 0 Å². The fourth-order valence-electron chi connectivity index (χ4n) is 2.28. The topological polar surface area (TPSA) is 44.0 Å². The molecular formula is C15H22F2N4. The molecule has 2 rings (SSSR count). The van der Waals surface area contributed by atoms with Gasteiger partial charge in [-0.15, -0.1) is 0 Å². The van der Waals surface area contributed by atoms with Crippen LogP contribution in [-0.2, 0) is 6.42 Å². The van der Waals surface area contributed by atoms with E-state index in [1.54, 1.807) is 0 Å². The van der Waals surface area contributed by atoms with Gasteiger partial charge in [-0.1, -0.05) is 13.8 Å². The first-order valence-electron chi connectivity index (χ1n) is 7.40. The zero-order valence-electron chi connectivity index (χ0n) is 12.5. The predicted molar refractivity (Wildman–Crippen MR) is 80.4 cm³/mol. The molecule has 0 saturated heterocycles. The number of fused-ring (bicyclic) bond motifs is 1. The molecule has 0 aliphatic heterocycles. The molecule has 0 saturated carbocycles. The Labute approximate surface area is 123 Å². The van der Waals surface area contributed by atoms with Crippen molar-refractivity contribution < 1.29 is 8.78 Å². The number of nitrogens with zero attached hydrogens (tertiary/aromatic N) is 2. The van der Waals surface area contributed by atoms with Crippen LogP contribution in [0, 0.1) is 11.6 Å². The normalized spacial score (nSPS) is 11.7. The summed E-state index contributed by atoms with van der Waals surface area (Å²) in [7, 11) is 0. The lowest BCUT2D eigenvalue weighted by molar-refractivity contribution is 0.303. The van der Waals surface area contributed by atoms with Gasteiger partial charge in [-0.05, 0) is 13.1 Å². The number of aromatic amines is 1. The van der Waals surface area contributed by atoms with Crippen LogP contribution in [0.25, 0.3) is 11.0 Å². The number of halogens is 2. The van der Waals surface area contributed by atoms with Gasteiger partial charge in [0.15, 0.2) is 11.6 Å².